The number of carbonyl (C=O) groups excluding carboxylic acids is 1. The van der Waals surface area contributed by atoms with E-state index in [0.717, 1.165) is 5.56 Å². The Morgan fingerprint density at radius 3 is 2.70 bits per heavy atom. The van der Waals surface area contributed by atoms with E-state index in [0.29, 0.717) is 23.2 Å². The van der Waals surface area contributed by atoms with Crippen molar-refractivity contribution >= 4 is 21.8 Å². The molecule has 0 atom stereocenters. The molecule has 1 amide bonds. The third-order valence-electron chi connectivity index (χ3n) is 3.12. The van der Waals surface area contributed by atoms with Gasteiger partial charge in [0.2, 0.25) is 0 Å². The van der Waals surface area contributed by atoms with E-state index >= 15 is 0 Å². The van der Waals surface area contributed by atoms with Crippen LogP contribution in [0.25, 0.3) is 0 Å². The first-order valence-corrected chi connectivity index (χ1v) is 7.78. The normalized spacial score (nSPS) is 9.96. The van der Waals surface area contributed by atoms with E-state index in [9.17, 15) is 9.18 Å². The second-order valence-electron chi connectivity index (χ2n) is 4.77. The van der Waals surface area contributed by atoms with Crippen molar-refractivity contribution in [3.05, 3.63) is 63.9 Å². The standard InChI is InChI=1S/C18H15BrFNO2/c1-2-11-23-15-6-3-13(4-7-15)9-10-21-18(22)16-12-14(19)5-8-17(16)20/h1,3-8,12H,9-11H2,(H,21,22). The molecule has 0 aliphatic rings. The summed E-state index contributed by atoms with van der Waals surface area (Å²) in [5, 5.41) is 2.71. The molecule has 0 heterocycles. The summed E-state index contributed by atoms with van der Waals surface area (Å²) in [6.45, 7) is 0.642. The van der Waals surface area contributed by atoms with E-state index in [-0.39, 0.29) is 12.2 Å². The molecule has 0 bridgehead atoms. The monoisotopic (exact) mass is 375 g/mol. The number of ether oxygens (including phenoxy) is 1. The Bertz CT molecular complexity index is 723. The second-order valence-corrected chi connectivity index (χ2v) is 5.68. The highest BCUT2D eigenvalue weighted by molar-refractivity contribution is 9.10. The molecular weight excluding hydrogens is 361 g/mol. The van der Waals surface area contributed by atoms with Gasteiger partial charge in [0.15, 0.2) is 0 Å². The van der Waals surface area contributed by atoms with E-state index in [4.69, 9.17) is 11.2 Å². The zero-order chi connectivity index (χ0) is 16.7. The van der Waals surface area contributed by atoms with Crippen LogP contribution in [-0.4, -0.2) is 19.1 Å². The van der Waals surface area contributed by atoms with Gasteiger partial charge in [-0.1, -0.05) is 34.0 Å². The largest absolute Gasteiger partial charge is 0.481 e. The zero-order valence-corrected chi connectivity index (χ0v) is 13.9. The first-order chi connectivity index (χ1) is 11.1. The molecule has 0 fully saturated rings. The van der Waals surface area contributed by atoms with Crippen molar-refractivity contribution in [3.63, 3.8) is 0 Å². The first-order valence-electron chi connectivity index (χ1n) is 6.98. The number of hydrogen-bond acceptors (Lipinski definition) is 2. The molecule has 0 aliphatic heterocycles. The molecule has 0 radical (unpaired) electrons. The summed E-state index contributed by atoms with van der Waals surface area (Å²) in [7, 11) is 0. The minimum atomic E-state index is -0.541. The molecule has 23 heavy (non-hydrogen) atoms. The van der Waals surface area contributed by atoms with E-state index in [1.165, 1.54) is 12.1 Å². The van der Waals surface area contributed by atoms with Gasteiger partial charge >= 0.3 is 0 Å². The van der Waals surface area contributed by atoms with Gasteiger partial charge in [-0.2, -0.15) is 0 Å². The smallest absolute Gasteiger partial charge is 0.254 e. The maximum atomic E-state index is 13.6. The average molecular weight is 376 g/mol. The fourth-order valence-electron chi connectivity index (χ4n) is 1.96. The third-order valence-corrected chi connectivity index (χ3v) is 3.61. The quantitative estimate of drug-likeness (QED) is 0.783. The molecule has 0 unspecified atom stereocenters. The molecule has 3 nitrogen and oxygen atoms in total. The van der Waals surface area contributed by atoms with Gasteiger partial charge in [0.05, 0.1) is 5.56 Å². The Morgan fingerprint density at radius 1 is 1.26 bits per heavy atom. The molecule has 1 N–H and O–H groups in total. The first kappa shape index (κ1) is 17.0. The van der Waals surface area contributed by atoms with Gasteiger partial charge in [-0.3, -0.25) is 4.79 Å². The van der Waals surface area contributed by atoms with Gasteiger partial charge in [-0.05, 0) is 42.3 Å². The fourth-order valence-corrected chi connectivity index (χ4v) is 2.33. The molecule has 0 aromatic heterocycles. The van der Waals surface area contributed by atoms with Crippen molar-refractivity contribution in [2.45, 2.75) is 6.42 Å². The van der Waals surface area contributed by atoms with E-state index in [1.807, 2.05) is 24.3 Å². The second kappa shape index (κ2) is 8.35. The van der Waals surface area contributed by atoms with Crippen LogP contribution in [0.5, 0.6) is 5.75 Å². The Balaban J connectivity index is 1.86. The van der Waals surface area contributed by atoms with Crippen molar-refractivity contribution in [1.82, 2.24) is 5.32 Å². The molecular formula is C18H15BrFNO2. The maximum absolute atomic E-state index is 13.6. The summed E-state index contributed by atoms with van der Waals surface area (Å²) in [5.41, 5.74) is 1.06. The summed E-state index contributed by atoms with van der Waals surface area (Å²) in [4.78, 5) is 12.0. The number of carbonyl (C=O) groups is 1. The highest BCUT2D eigenvalue weighted by Gasteiger charge is 2.11. The van der Waals surface area contributed by atoms with Gasteiger partial charge in [0.1, 0.15) is 18.2 Å². The molecule has 5 heteroatoms. The highest BCUT2D eigenvalue weighted by Crippen LogP contribution is 2.15. The average Bonchev–Trinajstić information content (AvgIpc) is 2.56. The predicted octanol–water partition coefficient (Wildman–Crippen LogP) is 3.57. The number of terminal acetylenes is 1. The molecule has 118 valence electrons. The molecule has 2 aromatic rings. The number of benzene rings is 2. The molecule has 0 spiro atoms. The van der Waals surface area contributed by atoms with Crippen LogP contribution < -0.4 is 10.1 Å². The fraction of sp³-hybridized carbons (Fsp3) is 0.167. The van der Waals surface area contributed by atoms with Crippen LogP contribution in [0, 0.1) is 18.2 Å². The van der Waals surface area contributed by atoms with Crippen molar-refractivity contribution in [3.8, 4) is 18.1 Å². The maximum Gasteiger partial charge on any atom is 0.254 e. The van der Waals surface area contributed by atoms with Crippen LogP contribution in [-0.2, 0) is 6.42 Å². The minimum Gasteiger partial charge on any atom is -0.481 e. The van der Waals surface area contributed by atoms with E-state index in [1.54, 1.807) is 6.07 Å². The summed E-state index contributed by atoms with van der Waals surface area (Å²) in [6.07, 6.45) is 5.76. The van der Waals surface area contributed by atoms with E-state index in [2.05, 4.69) is 27.2 Å². The summed E-state index contributed by atoms with van der Waals surface area (Å²) in [6, 6.07) is 11.7. The Hall–Kier alpha value is -2.32. The van der Waals surface area contributed by atoms with Crippen molar-refractivity contribution in [2.75, 3.05) is 13.2 Å². The van der Waals surface area contributed by atoms with Crippen LogP contribution in [0.2, 0.25) is 0 Å². The van der Waals surface area contributed by atoms with Gasteiger partial charge in [-0.25, -0.2) is 4.39 Å². The van der Waals surface area contributed by atoms with Crippen LogP contribution >= 0.6 is 15.9 Å². The Kier molecular flexibility index (Phi) is 6.19. The number of hydrogen-bond donors (Lipinski definition) is 1. The SMILES string of the molecule is C#CCOc1ccc(CCNC(=O)c2cc(Br)ccc2F)cc1. The molecule has 2 rings (SSSR count). The summed E-state index contributed by atoms with van der Waals surface area (Å²) < 4.78 is 19.5. The molecule has 2 aromatic carbocycles. The highest BCUT2D eigenvalue weighted by atomic mass is 79.9. The number of amides is 1. The van der Waals surface area contributed by atoms with Gasteiger partial charge in [0.25, 0.3) is 5.91 Å². The van der Waals surface area contributed by atoms with Crippen molar-refractivity contribution in [2.24, 2.45) is 0 Å². The Labute approximate surface area is 143 Å². The van der Waals surface area contributed by atoms with Gasteiger partial charge in [0, 0.05) is 11.0 Å². The van der Waals surface area contributed by atoms with Gasteiger partial charge < -0.3 is 10.1 Å². The number of rotatable bonds is 6. The van der Waals surface area contributed by atoms with Crippen LogP contribution in [0.1, 0.15) is 15.9 Å². The number of nitrogens with one attached hydrogen (secondary N) is 1. The zero-order valence-electron chi connectivity index (χ0n) is 12.3. The molecule has 0 saturated heterocycles. The Morgan fingerprint density at radius 2 is 2.00 bits per heavy atom. The number of halogens is 2. The van der Waals surface area contributed by atoms with Crippen LogP contribution in [0.3, 0.4) is 0 Å². The third kappa shape index (κ3) is 5.11. The lowest BCUT2D eigenvalue weighted by atomic mass is 10.1. The lowest BCUT2D eigenvalue weighted by Crippen LogP contribution is -2.26. The molecule has 0 aliphatic carbocycles. The van der Waals surface area contributed by atoms with Gasteiger partial charge in [-0.15, -0.1) is 6.42 Å². The lowest BCUT2D eigenvalue weighted by molar-refractivity contribution is 0.0950. The van der Waals surface area contributed by atoms with Crippen LogP contribution in [0.4, 0.5) is 4.39 Å². The summed E-state index contributed by atoms with van der Waals surface area (Å²) in [5.74, 6) is 2.13. The minimum absolute atomic E-state index is 0.0254. The van der Waals surface area contributed by atoms with Crippen LogP contribution in [0.15, 0.2) is 46.9 Å². The van der Waals surface area contributed by atoms with E-state index < -0.39 is 11.7 Å². The summed E-state index contributed by atoms with van der Waals surface area (Å²) >= 11 is 3.22. The van der Waals surface area contributed by atoms with Crippen molar-refractivity contribution < 1.29 is 13.9 Å². The van der Waals surface area contributed by atoms with Crippen molar-refractivity contribution in [1.29, 1.82) is 0 Å². The predicted molar refractivity (Wildman–Crippen MR) is 90.9 cm³/mol. The topological polar surface area (TPSA) is 38.3 Å². The molecule has 0 saturated carbocycles. The lowest BCUT2D eigenvalue weighted by Gasteiger charge is -2.08.